The van der Waals surface area contributed by atoms with Crippen molar-refractivity contribution in [2.24, 2.45) is 11.8 Å². The van der Waals surface area contributed by atoms with Crippen molar-refractivity contribution in [3.8, 4) is 0 Å². The molecule has 0 saturated carbocycles. The molecular weight excluding hydrogens is 208 g/mol. The molecule has 0 bridgehead atoms. The van der Waals surface area contributed by atoms with Crippen LogP contribution in [0.1, 0.15) is 20.8 Å². The highest BCUT2D eigenvalue weighted by atomic mass is 16.4. The molecule has 5 nitrogen and oxygen atoms in total. The molecule has 92 valence electrons. The van der Waals surface area contributed by atoms with E-state index in [-0.39, 0.29) is 12.1 Å². The number of rotatable bonds is 4. The third-order valence-corrected chi connectivity index (χ3v) is 3.16. The second-order valence-electron chi connectivity index (χ2n) is 4.85. The zero-order valence-electron chi connectivity index (χ0n) is 10.3. The summed E-state index contributed by atoms with van der Waals surface area (Å²) in [6.45, 7) is 6.68. The first-order valence-electron chi connectivity index (χ1n) is 5.59. The third kappa shape index (κ3) is 2.46. The van der Waals surface area contributed by atoms with Crippen LogP contribution in [0.25, 0.3) is 0 Å². The number of carboxylic acid groups (broad SMARTS) is 1. The van der Waals surface area contributed by atoms with E-state index < -0.39 is 11.9 Å². The zero-order chi connectivity index (χ0) is 12.5. The number of hydrogen-bond acceptors (Lipinski definition) is 2. The topological polar surface area (TPSA) is 60.9 Å². The zero-order valence-corrected chi connectivity index (χ0v) is 10.3. The van der Waals surface area contributed by atoms with Gasteiger partial charge in [-0.15, -0.1) is 0 Å². The van der Waals surface area contributed by atoms with Gasteiger partial charge in [-0.3, -0.25) is 4.79 Å². The molecule has 1 fully saturated rings. The minimum Gasteiger partial charge on any atom is -0.481 e. The van der Waals surface area contributed by atoms with Crippen molar-refractivity contribution in [2.45, 2.75) is 26.8 Å². The van der Waals surface area contributed by atoms with Crippen LogP contribution in [0.3, 0.4) is 0 Å². The van der Waals surface area contributed by atoms with Crippen LogP contribution in [0, 0.1) is 11.8 Å². The Balaban J connectivity index is 2.64. The highest BCUT2D eigenvalue weighted by Crippen LogP contribution is 2.21. The van der Waals surface area contributed by atoms with E-state index >= 15 is 0 Å². The number of hydrogen-bond donors (Lipinski definition) is 1. The molecule has 2 atom stereocenters. The van der Waals surface area contributed by atoms with E-state index in [9.17, 15) is 9.59 Å². The van der Waals surface area contributed by atoms with Gasteiger partial charge in [-0.2, -0.15) is 0 Å². The lowest BCUT2D eigenvalue weighted by Gasteiger charge is -2.20. The van der Waals surface area contributed by atoms with Gasteiger partial charge in [0.05, 0.1) is 12.0 Å². The molecule has 1 N–H and O–H groups in total. The van der Waals surface area contributed by atoms with Crippen LogP contribution in [-0.4, -0.2) is 53.1 Å². The quantitative estimate of drug-likeness (QED) is 0.783. The monoisotopic (exact) mass is 228 g/mol. The van der Waals surface area contributed by atoms with Gasteiger partial charge in [-0.05, 0) is 5.92 Å². The van der Waals surface area contributed by atoms with Crippen molar-refractivity contribution in [1.82, 2.24) is 9.80 Å². The number of nitrogens with zero attached hydrogens (tertiary/aromatic N) is 2. The van der Waals surface area contributed by atoms with E-state index in [1.807, 2.05) is 0 Å². The SMILES string of the molecule is CC(CN1CC(C(C)C)N(C)C1=O)C(=O)O. The number of aliphatic carboxylic acids is 1. The second-order valence-corrected chi connectivity index (χ2v) is 4.85. The molecule has 1 saturated heterocycles. The van der Waals surface area contributed by atoms with Crippen molar-refractivity contribution in [3.63, 3.8) is 0 Å². The van der Waals surface area contributed by atoms with Crippen molar-refractivity contribution in [1.29, 1.82) is 0 Å². The highest BCUT2D eigenvalue weighted by molar-refractivity contribution is 5.78. The minimum atomic E-state index is -0.858. The van der Waals surface area contributed by atoms with Crippen LogP contribution in [0.4, 0.5) is 4.79 Å². The fourth-order valence-electron chi connectivity index (χ4n) is 2.01. The van der Waals surface area contributed by atoms with Gasteiger partial charge in [0.25, 0.3) is 0 Å². The third-order valence-electron chi connectivity index (χ3n) is 3.16. The van der Waals surface area contributed by atoms with Crippen molar-refractivity contribution >= 4 is 12.0 Å². The summed E-state index contributed by atoms with van der Waals surface area (Å²) in [7, 11) is 1.78. The summed E-state index contributed by atoms with van der Waals surface area (Å²) in [6.07, 6.45) is 0. The normalized spacial score (nSPS) is 23.1. The maximum Gasteiger partial charge on any atom is 0.320 e. The fraction of sp³-hybridized carbons (Fsp3) is 0.818. The highest BCUT2D eigenvalue weighted by Gasteiger charge is 2.37. The summed E-state index contributed by atoms with van der Waals surface area (Å²) < 4.78 is 0. The molecule has 1 heterocycles. The lowest BCUT2D eigenvalue weighted by Crippen LogP contribution is -2.35. The number of urea groups is 1. The van der Waals surface area contributed by atoms with E-state index in [0.717, 1.165) is 0 Å². The van der Waals surface area contributed by atoms with Gasteiger partial charge in [0.2, 0.25) is 0 Å². The molecule has 5 heteroatoms. The molecule has 1 rings (SSSR count). The number of likely N-dealkylation sites (N-methyl/N-ethyl adjacent to an activating group) is 1. The summed E-state index contributed by atoms with van der Waals surface area (Å²) >= 11 is 0. The molecule has 1 aliphatic heterocycles. The van der Waals surface area contributed by atoms with Gasteiger partial charge in [0.1, 0.15) is 0 Å². The maximum absolute atomic E-state index is 11.8. The van der Waals surface area contributed by atoms with E-state index in [0.29, 0.717) is 19.0 Å². The van der Waals surface area contributed by atoms with Crippen molar-refractivity contribution in [2.75, 3.05) is 20.1 Å². The first kappa shape index (κ1) is 12.8. The van der Waals surface area contributed by atoms with Gasteiger partial charge in [-0.1, -0.05) is 20.8 Å². The fourth-order valence-corrected chi connectivity index (χ4v) is 2.01. The average molecular weight is 228 g/mol. The van der Waals surface area contributed by atoms with Crippen LogP contribution in [0.5, 0.6) is 0 Å². The Hall–Kier alpha value is -1.26. The predicted molar refractivity (Wildman–Crippen MR) is 60.2 cm³/mol. The summed E-state index contributed by atoms with van der Waals surface area (Å²) in [6, 6.07) is 0.125. The Labute approximate surface area is 96.0 Å². The Bertz CT molecular complexity index is 291. The van der Waals surface area contributed by atoms with E-state index in [4.69, 9.17) is 5.11 Å². The summed E-state index contributed by atoms with van der Waals surface area (Å²) in [5, 5.41) is 8.82. The Kier molecular flexibility index (Phi) is 3.78. The maximum atomic E-state index is 11.8. The van der Waals surface area contributed by atoms with Crippen molar-refractivity contribution in [3.05, 3.63) is 0 Å². The van der Waals surface area contributed by atoms with Crippen LogP contribution in [-0.2, 0) is 4.79 Å². The van der Waals surface area contributed by atoms with Gasteiger partial charge in [0.15, 0.2) is 0 Å². The molecule has 2 amide bonds. The van der Waals surface area contributed by atoms with E-state index in [1.165, 1.54) is 0 Å². The summed E-state index contributed by atoms with van der Waals surface area (Å²) in [4.78, 5) is 25.9. The summed E-state index contributed by atoms with van der Waals surface area (Å²) in [5.74, 6) is -0.981. The first-order chi connectivity index (χ1) is 7.34. The molecule has 2 unspecified atom stereocenters. The second kappa shape index (κ2) is 4.72. The number of amides is 2. The number of carbonyl (C=O) groups is 2. The van der Waals surface area contributed by atoms with E-state index in [1.54, 1.807) is 23.8 Å². The molecule has 0 spiro atoms. The number of carboxylic acids is 1. The van der Waals surface area contributed by atoms with Gasteiger partial charge in [-0.25, -0.2) is 4.79 Å². The molecule has 16 heavy (non-hydrogen) atoms. The van der Waals surface area contributed by atoms with Gasteiger partial charge < -0.3 is 14.9 Å². The molecule has 1 aliphatic rings. The first-order valence-corrected chi connectivity index (χ1v) is 5.59. The smallest absolute Gasteiger partial charge is 0.320 e. The lowest BCUT2D eigenvalue weighted by molar-refractivity contribution is -0.141. The average Bonchev–Trinajstić information content (AvgIpc) is 2.46. The number of carbonyl (C=O) groups excluding carboxylic acids is 1. The van der Waals surface area contributed by atoms with Crippen LogP contribution >= 0.6 is 0 Å². The van der Waals surface area contributed by atoms with Crippen molar-refractivity contribution < 1.29 is 14.7 Å². The van der Waals surface area contributed by atoms with Crippen LogP contribution in [0.2, 0.25) is 0 Å². The largest absolute Gasteiger partial charge is 0.481 e. The van der Waals surface area contributed by atoms with E-state index in [2.05, 4.69) is 13.8 Å². The van der Waals surface area contributed by atoms with Crippen LogP contribution in [0.15, 0.2) is 0 Å². The molecule has 0 aromatic heterocycles. The molecule has 0 aromatic rings. The Morgan fingerprint density at radius 3 is 2.44 bits per heavy atom. The minimum absolute atomic E-state index is 0.0631. The Morgan fingerprint density at radius 1 is 1.50 bits per heavy atom. The Morgan fingerprint density at radius 2 is 2.06 bits per heavy atom. The predicted octanol–water partition coefficient (Wildman–Crippen LogP) is 1.10. The van der Waals surface area contributed by atoms with Gasteiger partial charge in [0, 0.05) is 20.1 Å². The molecule has 0 radical (unpaired) electrons. The standard InChI is InChI=1S/C11H20N2O3/c1-7(2)9-6-13(11(16)12(9)4)5-8(3)10(14)15/h7-9H,5-6H2,1-4H3,(H,14,15). The summed E-state index contributed by atoms with van der Waals surface area (Å²) in [5.41, 5.74) is 0. The van der Waals surface area contributed by atoms with Gasteiger partial charge >= 0.3 is 12.0 Å². The molecule has 0 aliphatic carbocycles. The lowest BCUT2D eigenvalue weighted by atomic mass is 10.0. The molecular formula is C11H20N2O3. The van der Waals surface area contributed by atoms with Crippen LogP contribution < -0.4 is 0 Å². The molecule has 0 aromatic carbocycles.